The monoisotopic (exact) mass is 498 g/mol. The summed E-state index contributed by atoms with van der Waals surface area (Å²) in [6.45, 7) is 1.06. The number of fused-ring (bicyclic) bond motifs is 2. The molecule has 3 heterocycles. The standard InChI is InChI=1S/C28H29F3N2O3/c29-28(30,31)22-7-5-21(6-8-22)25(35-18-20-3-1-19(17-32)2-4-20)12-14-33-23-9-10-24(33)16-27(15-23)13-11-26(34)36-27/h1-8,23-25H,9-16,18H2. The molecule has 1 spiro atoms. The van der Waals surface area contributed by atoms with Crippen LogP contribution >= 0.6 is 0 Å². The lowest BCUT2D eigenvalue weighted by atomic mass is 9.83. The van der Waals surface area contributed by atoms with Crippen LogP contribution < -0.4 is 0 Å². The Bertz CT molecular complexity index is 1110. The second kappa shape index (κ2) is 9.87. The highest BCUT2D eigenvalue weighted by Gasteiger charge is 2.52. The zero-order chi connectivity index (χ0) is 25.3. The lowest BCUT2D eigenvalue weighted by Crippen LogP contribution is -2.51. The van der Waals surface area contributed by atoms with Gasteiger partial charge >= 0.3 is 12.1 Å². The first-order valence-corrected chi connectivity index (χ1v) is 12.5. The van der Waals surface area contributed by atoms with Crippen molar-refractivity contribution in [1.29, 1.82) is 5.26 Å². The molecule has 0 saturated carbocycles. The molecule has 0 amide bonds. The molecule has 3 fully saturated rings. The quantitative estimate of drug-likeness (QED) is 0.443. The van der Waals surface area contributed by atoms with Crippen LogP contribution in [0.25, 0.3) is 0 Å². The number of piperidine rings is 1. The zero-order valence-corrected chi connectivity index (χ0v) is 20.0. The fourth-order valence-corrected chi connectivity index (χ4v) is 6.09. The molecular formula is C28H29F3N2O3. The van der Waals surface area contributed by atoms with Gasteiger partial charge in [0.2, 0.25) is 0 Å². The molecule has 2 aromatic rings. The summed E-state index contributed by atoms with van der Waals surface area (Å²) in [6, 6.07) is 15.1. The molecule has 0 radical (unpaired) electrons. The van der Waals surface area contributed by atoms with Crippen molar-refractivity contribution in [3.8, 4) is 6.07 Å². The first-order valence-electron chi connectivity index (χ1n) is 12.5. The second-order valence-electron chi connectivity index (χ2n) is 10.2. The molecular weight excluding hydrogens is 469 g/mol. The SMILES string of the molecule is N#Cc1ccc(COC(CCN2C3CCC2CC2(CCC(=O)O2)C3)c2ccc(C(F)(F)F)cc2)cc1. The number of carbonyl (C=O) groups is 1. The van der Waals surface area contributed by atoms with Crippen molar-refractivity contribution in [3.63, 3.8) is 0 Å². The van der Waals surface area contributed by atoms with Crippen LogP contribution in [-0.4, -0.2) is 35.1 Å². The van der Waals surface area contributed by atoms with Gasteiger partial charge in [0.1, 0.15) is 5.60 Å². The topological polar surface area (TPSA) is 62.6 Å². The number of nitrogens with zero attached hydrogens (tertiary/aromatic N) is 2. The smallest absolute Gasteiger partial charge is 0.416 e. The number of esters is 1. The van der Waals surface area contributed by atoms with Crippen LogP contribution in [-0.2, 0) is 27.1 Å². The van der Waals surface area contributed by atoms with E-state index >= 15 is 0 Å². The first-order chi connectivity index (χ1) is 17.2. The largest absolute Gasteiger partial charge is 0.459 e. The Hall–Kier alpha value is -2.89. The predicted octanol–water partition coefficient (Wildman–Crippen LogP) is 5.93. The van der Waals surface area contributed by atoms with Gasteiger partial charge in [-0.25, -0.2) is 0 Å². The van der Waals surface area contributed by atoms with E-state index in [-0.39, 0.29) is 17.7 Å². The number of alkyl halides is 3. The number of hydrogen-bond acceptors (Lipinski definition) is 5. The molecule has 5 nitrogen and oxygen atoms in total. The van der Waals surface area contributed by atoms with Gasteiger partial charge in [-0.3, -0.25) is 9.69 Å². The minimum absolute atomic E-state index is 0.0959. The average Bonchev–Trinajstić information content (AvgIpc) is 3.34. The van der Waals surface area contributed by atoms with Gasteiger partial charge in [0.05, 0.1) is 29.9 Å². The van der Waals surface area contributed by atoms with Crippen molar-refractivity contribution < 1.29 is 27.4 Å². The Labute approximate surface area is 208 Å². The zero-order valence-electron chi connectivity index (χ0n) is 20.0. The third-order valence-corrected chi connectivity index (χ3v) is 7.89. The number of ether oxygens (including phenoxy) is 2. The Morgan fingerprint density at radius 2 is 1.75 bits per heavy atom. The second-order valence-corrected chi connectivity index (χ2v) is 10.2. The number of carbonyl (C=O) groups excluding carboxylic acids is 1. The Kier molecular flexibility index (Phi) is 6.80. The Morgan fingerprint density at radius 1 is 1.08 bits per heavy atom. The third-order valence-electron chi connectivity index (χ3n) is 7.89. The molecule has 0 aromatic heterocycles. The van der Waals surface area contributed by atoms with E-state index in [0.29, 0.717) is 42.7 Å². The Balaban J connectivity index is 1.28. The molecule has 190 valence electrons. The normalized spacial score (nSPS) is 26.7. The predicted molar refractivity (Wildman–Crippen MR) is 126 cm³/mol. The summed E-state index contributed by atoms with van der Waals surface area (Å²) < 4.78 is 51.3. The number of halogens is 3. The third kappa shape index (κ3) is 5.28. The molecule has 0 aliphatic carbocycles. The number of benzene rings is 2. The van der Waals surface area contributed by atoms with E-state index in [2.05, 4.69) is 11.0 Å². The van der Waals surface area contributed by atoms with E-state index < -0.39 is 11.7 Å². The highest BCUT2D eigenvalue weighted by atomic mass is 19.4. The van der Waals surface area contributed by atoms with E-state index in [1.165, 1.54) is 12.1 Å². The van der Waals surface area contributed by atoms with Gasteiger partial charge in [-0.15, -0.1) is 0 Å². The molecule has 3 saturated heterocycles. The van der Waals surface area contributed by atoms with Crippen molar-refractivity contribution in [2.75, 3.05) is 6.54 Å². The minimum atomic E-state index is -4.38. The number of nitriles is 1. The van der Waals surface area contributed by atoms with Crippen molar-refractivity contribution in [2.24, 2.45) is 0 Å². The molecule has 2 bridgehead atoms. The molecule has 3 atom stereocenters. The summed E-state index contributed by atoms with van der Waals surface area (Å²) in [4.78, 5) is 14.3. The molecule has 0 N–H and O–H groups in total. The molecule has 5 rings (SSSR count). The minimum Gasteiger partial charge on any atom is -0.459 e. The highest BCUT2D eigenvalue weighted by molar-refractivity contribution is 5.72. The summed E-state index contributed by atoms with van der Waals surface area (Å²) in [6.07, 6.45) is 1.03. The molecule has 3 aliphatic rings. The van der Waals surface area contributed by atoms with Crippen LogP contribution in [0.3, 0.4) is 0 Å². The van der Waals surface area contributed by atoms with Gasteiger partial charge in [-0.05, 0) is 61.1 Å². The van der Waals surface area contributed by atoms with E-state index in [9.17, 15) is 18.0 Å². The molecule has 3 aliphatic heterocycles. The van der Waals surface area contributed by atoms with Crippen LogP contribution in [0.4, 0.5) is 13.2 Å². The van der Waals surface area contributed by atoms with Gasteiger partial charge in [0.15, 0.2) is 0 Å². The fourth-order valence-electron chi connectivity index (χ4n) is 6.09. The molecule has 2 aromatic carbocycles. The van der Waals surface area contributed by atoms with Gasteiger partial charge < -0.3 is 9.47 Å². The van der Waals surface area contributed by atoms with Gasteiger partial charge in [0.25, 0.3) is 0 Å². The maximum Gasteiger partial charge on any atom is 0.416 e. The van der Waals surface area contributed by atoms with Crippen molar-refractivity contribution in [2.45, 2.75) is 81.5 Å². The average molecular weight is 499 g/mol. The van der Waals surface area contributed by atoms with Gasteiger partial charge in [0, 0.05) is 37.9 Å². The fraction of sp³-hybridized carbons (Fsp3) is 0.500. The summed E-state index contributed by atoms with van der Waals surface area (Å²) in [7, 11) is 0. The summed E-state index contributed by atoms with van der Waals surface area (Å²) >= 11 is 0. The molecule has 3 unspecified atom stereocenters. The molecule has 8 heteroatoms. The van der Waals surface area contributed by atoms with Crippen molar-refractivity contribution in [3.05, 3.63) is 70.8 Å². The van der Waals surface area contributed by atoms with Crippen LogP contribution in [0.15, 0.2) is 48.5 Å². The maximum absolute atomic E-state index is 13.1. The summed E-state index contributed by atoms with van der Waals surface area (Å²) in [5, 5.41) is 9.01. The number of hydrogen-bond donors (Lipinski definition) is 0. The van der Waals surface area contributed by atoms with E-state index in [0.717, 1.165) is 56.3 Å². The van der Waals surface area contributed by atoms with E-state index in [1.54, 1.807) is 12.1 Å². The Morgan fingerprint density at radius 3 is 2.31 bits per heavy atom. The number of rotatable bonds is 7. The van der Waals surface area contributed by atoms with Crippen LogP contribution in [0.2, 0.25) is 0 Å². The lowest BCUT2D eigenvalue weighted by molar-refractivity contribution is -0.154. The first kappa shape index (κ1) is 24.8. The van der Waals surface area contributed by atoms with E-state index in [4.69, 9.17) is 14.7 Å². The van der Waals surface area contributed by atoms with Crippen LogP contribution in [0.1, 0.15) is 73.3 Å². The molecule has 36 heavy (non-hydrogen) atoms. The highest BCUT2D eigenvalue weighted by Crippen LogP contribution is 2.47. The van der Waals surface area contributed by atoms with Crippen LogP contribution in [0.5, 0.6) is 0 Å². The van der Waals surface area contributed by atoms with Crippen LogP contribution in [0, 0.1) is 11.3 Å². The summed E-state index contributed by atoms with van der Waals surface area (Å²) in [5.74, 6) is -0.0959. The van der Waals surface area contributed by atoms with Crippen molar-refractivity contribution in [1.82, 2.24) is 4.90 Å². The van der Waals surface area contributed by atoms with Gasteiger partial charge in [-0.1, -0.05) is 24.3 Å². The van der Waals surface area contributed by atoms with E-state index in [1.807, 2.05) is 12.1 Å². The van der Waals surface area contributed by atoms with Gasteiger partial charge in [-0.2, -0.15) is 18.4 Å². The van der Waals surface area contributed by atoms with Crippen molar-refractivity contribution >= 4 is 5.97 Å². The summed E-state index contributed by atoms with van der Waals surface area (Å²) in [5.41, 5.74) is 1.18. The lowest BCUT2D eigenvalue weighted by Gasteiger charge is -2.44. The maximum atomic E-state index is 13.1.